The number of carbonyl (C=O) groups excluding carboxylic acids is 1. The monoisotopic (exact) mass is 357 g/mol. The molecule has 0 unspecified atom stereocenters. The summed E-state index contributed by atoms with van der Waals surface area (Å²) in [5, 5.41) is 4.83. The zero-order chi connectivity index (χ0) is 15.8. The molecule has 0 atom stereocenters. The number of benzene rings is 1. The molecule has 5 heteroatoms. The zero-order valence-corrected chi connectivity index (χ0v) is 14.8. The van der Waals surface area contributed by atoms with E-state index in [1.54, 1.807) is 24.3 Å². The molecule has 120 valence electrons. The first kappa shape index (κ1) is 17.7. The van der Waals surface area contributed by atoms with Crippen LogP contribution in [0.15, 0.2) is 24.3 Å². The van der Waals surface area contributed by atoms with Crippen LogP contribution in [0.5, 0.6) is 0 Å². The van der Waals surface area contributed by atoms with Crippen LogP contribution in [0.3, 0.4) is 0 Å². The van der Waals surface area contributed by atoms with Crippen molar-refractivity contribution >= 4 is 46.9 Å². The molecule has 2 rings (SSSR count). The molecule has 1 N–H and O–H groups in total. The molecule has 0 heterocycles. The molecule has 0 radical (unpaired) electrons. The third kappa shape index (κ3) is 6.23. The van der Waals surface area contributed by atoms with E-state index >= 15 is 0 Å². The quantitative estimate of drug-likeness (QED) is 0.560. The van der Waals surface area contributed by atoms with Crippen LogP contribution in [0.1, 0.15) is 37.7 Å². The first-order chi connectivity index (χ1) is 10.6. The molecule has 0 aromatic heterocycles. The van der Waals surface area contributed by atoms with Crippen molar-refractivity contribution in [2.75, 3.05) is 12.3 Å². The van der Waals surface area contributed by atoms with E-state index in [9.17, 15) is 4.79 Å². The summed E-state index contributed by atoms with van der Waals surface area (Å²) in [6, 6.07) is 5.22. The summed E-state index contributed by atoms with van der Waals surface area (Å²) in [6.45, 7) is 0.707. The van der Waals surface area contributed by atoms with E-state index in [2.05, 4.69) is 5.32 Å². The van der Waals surface area contributed by atoms with Crippen LogP contribution >= 0.6 is 35.0 Å². The van der Waals surface area contributed by atoms with Gasteiger partial charge in [-0.3, -0.25) is 4.79 Å². The van der Waals surface area contributed by atoms with Crippen molar-refractivity contribution in [1.29, 1.82) is 0 Å². The lowest BCUT2D eigenvalue weighted by atomic mass is 10.0. The molecule has 1 aliphatic carbocycles. The normalized spacial score (nSPS) is 16.1. The van der Waals surface area contributed by atoms with Gasteiger partial charge in [0.2, 0.25) is 5.91 Å². The predicted octanol–water partition coefficient (Wildman–Crippen LogP) is 5.19. The van der Waals surface area contributed by atoms with E-state index in [0.717, 1.165) is 16.6 Å². The average molecular weight is 358 g/mol. The maximum absolute atomic E-state index is 11.8. The van der Waals surface area contributed by atoms with Crippen LogP contribution in [0, 0.1) is 0 Å². The first-order valence-electron chi connectivity index (χ1n) is 7.68. The van der Waals surface area contributed by atoms with Gasteiger partial charge in [-0.2, -0.15) is 11.8 Å². The van der Waals surface area contributed by atoms with Crippen molar-refractivity contribution in [1.82, 2.24) is 5.32 Å². The highest BCUT2D eigenvalue weighted by atomic mass is 35.5. The second-order valence-electron chi connectivity index (χ2n) is 5.42. The van der Waals surface area contributed by atoms with Gasteiger partial charge in [-0.1, -0.05) is 48.5 Å². The second kappa shape index (κ2) is 9.49. The van der Waals surface area contributed by atoms with Crippen molar-refractivity contribution < 1.29 is 4.79 Å². The summed E-state index contributed by atoms with van der Waals surface area (Å²) in [5.41, 5.74) is 0.790. The Morgan fingerprint density at radius 2 is 2.05 bits per heavy atom. The van der Waals surface area contributed by atoms with Crippen molar-refractivity contribution in [3.8, 4) is 0 Å². The molecule has 0 spiro atoms. The summed E-state index contributed by atoms with van der Waals surface area (Å²) in [6.07, 6.45) is 9.97. The molecule has 1 fully saturated rings. The van der Waals surface area contributed by atoms with Crippen molar-refractivity contribution in [2.45, 2.75) is 37.4 Å². The number of carbonyl (C=O) groups is 1. The Labute approximate surface area is 146 Å². The molecule has 0 aliphatic heterocycles. The Morgan fingerprint density at radius 1 is 1.27 bits per heavy atom. The summed E-state index contributed by atoms with van der Waals surface area (Å²) in [4.78, 5) is 11.8. The number of hydrogen-bond donors (Lipinski definition) is 1. The predicted molar refractivity (Wildman–Crippen MR) is 97.8 cm³/mol. The largest absolute Gasteiger partial charge is 0.352 e. The lowest BCUT2D eigenvalue weighted by molar-refractivity contribution is -0.116. The van der Waals surface area contributed by atoms with E-state index in [4.69, 9.17) is 23.2 Å². The van der Waals surface area contributed by atoms with Gasteiger partial charge >= 0.3 is 0 Å². The van der Waals surface area contributed by atoms with Crippen molar-refractivity contribution in [3.63, 3.8) is 0 Å². The molecule has 1 saturated carbocycles. The van der Waals surface area contributed by atoms with E-state index in [1.807, 2.05) is 11.8 Å². The average Bonchev–Trinajstić information content (AvgIpc) is 2.52. The molecule has 1 aromatic carbocycles. The van der Waals surface area contributed by atoms with Gasteiger partial charge in [-0.15, -0.1) is 0 Å². The minimum Gasteiger partial charge on any atom is -0.352 e. The Hall–Kier alpha value is -0.640. The molecule has 1 aromatic rings. The van der Waals surface area contributed by atoms with E-state index < -0.39 is 0 Å². The zero-order valence-electron chi connectivity index (χ0n) is 12.5. The Kier molecular flexibility index (Phi) is 7.64. The molecule has 0 bridgehead atoms. The third-order valence-corrected chi connectivity index (χ3v) is 5.63. The summed E-state index contributed by atoms with van der Waals surface area (Å²) < 4.78 is 0. The summed E-state index contributed by atoms with van der Waals surface area (Å²) >= 11 is 13.9. The Bertz CT molecular complexity index is 527. The third-order valence-electron chi connectivity index (χ3n) is 3.68. The summed E-state index contributed by atoms with van der Waals surface area (Å²) in [7, 11) is 0. The SMILES string of the molecule is O=C(C=Cc1ccc(Cl)cc1Cl)NCCSC1CCCCC1. The lowest BCUT2D eigenvalue weighted by Gasteiger charge is -2.20. The van der Waals surface area contributed by atoms with E-state index in [0.29, 0.717) is 16.6 Å². The van der Waals surface area contributed by atoms with Gasteiger partial charge in [0.05, 0.1) is 0 Å². The number of amides is 1. The van der Waals surface area contributed by atoms with Crippen molar-refractivity contribution in [2.24, 2.45) is 0 Å². The Morgan fingerprint density at radius 3 is 2.77 bits per heavy atom. The van der Waals surface area contributed by atoms with Gasteiger partial charge in [0, 0.05) is 33.7 Å². The van der Waals surface area contributed by atoms with Crippen LogP contribution in [0.2, 0.25) is 10.0 Å². The maximum atomic E-state index is 11.8. The number of thioether (sulfide) groups is 1. The Balaban J connectivity index is 1.67. The van der Waals surface area contributed by atoms with Gasteiger partial charge in [0.15, 0.2) is 0 Å². The fourth-order valence-corrected chi connectivity index (χ4v) is 4.18. The molecular weight excluding hydrogens is 337 g/mol. The molecule has 2 nitrogen and oxygen atoms in total. The van der Waals surface area contributed by atoms with Crippen LogP contribution in [0.25, 0.3) is 6.08 Å². The number of halogens is 2. The van der Waals surface area contributed by atoms with Crippen molar-refractivity contribution in [3.05, 3.63) is 39.9 Å². The highest BCUT2D eigenvalue weighted by Gasteiger charge is 2.13. The molecule has 22 heavy (non-hydrogen) atoms. The first-order valence-corrected chi connectivity index (χ1v) is 9.48. The van der Waals surface area contributed by atoms with Gasteiger partial charge in [0.1, 0.15) is 0 Å². The number of hydrogen-bond acceptors (Lipinski definition) is 2. The fraction of sp³-hybridized carbons (Fsp3) is 0.471. The minimum atomic E-state index is -0.0877. The highest BCUT2D eigenvalue weighted by Crippen LogP contribution is 2.27. The van der Waals surface area contributed by atoms with Gasteiger partial charge in [-0.05, 0) is 36.6 Å². The molecule has 0 saturated heterocycles. The van der Waals surface area contributed by atoms with Crippen LogP contribution < -0.4 is 5.32 Å². The molecule has 1 amide bonds. The van der Waals surface area contributed by atoms with Gasteiger partial charge in [0.25, 0.3) is 0 Å². The smallest absolute Gasteiger partial charge is 0.244 e. The molecule has 1 aliphatic rings. The fourth-order valence-electron chi connectivity index (χ4n) is 2.49. The van der Waals surface area contributed by atoms with Crippen LogP contribution in [-0.2, 0) is 4.79 Å². The minimum absolute atomic E-state index is 0.0877. The molecular formula is C17H21Cl2NOS. The van der Waals surface area contributed by atoms with E-state index in [1.165, 1.54) is 38.2 Å². The number of rotatable bonds is 6. The topological polar surface area (TPSA) is 29.1 Å². The van der Waals surface area contributed by atoms with Crippen LogP contribution in [-0.4, -0.2) is 23.5 Å². The highest BCUT2D eigenvalue weighted by molar-refractivity contribution is 7.99. The summed E-state index contributed by atoms with van der Waals surface area (Å²) in [5.74, 6) is 0.890. The maximum Gasteiger partial charge on any atom is 0.244 e. The number of nitrogens with one attached hydrogen (secondary N) is 1. The van der Waals surface area contributed by atoms with Gasteiger partial charge < -0.3 is 5.32 Å². The van der Waals surface area contributed by atoms with Crippen LogP contribution in [0.4, 0.5) is 0 Å². The van der Waals surface area contributed by atoms with E-state index in [-0.39, 0.29) is 5.91 Å². The standard InChI is InChI=1S/C17H21Cl2NOS/c18-14-8-6-13(16(19)12-14)7-9-17(21)20-10-11-22-15-4-2-1-3-5-15/h6-9,12,15H,1-5,10-11H2,(H,20,21). The van der Waals surface area contributed by atoms with Gasteiger partial charge in [-0.25, -0.2) is 0 Å². The lowest BCUT2D eigenvalue weighted by Crippen LogP contribution is -2.24. The second-order valence-corrected chi connectivity index (χ2v) is 7.67.